The summed E-state index contributed by atoms with van der Waals surface area (Å²) in [4.78, 5) is 4.37. The van der Waals surface area contributed by atoms with Crippen molar-refractivity contribution in [3.05, 3.63) is 60.0 Å². The average molecular weight is 253 g/mol. The van der Waals surface area contributed by atoms with Crippen LogP contribution in [0.4, 0.5) is 0 Å². The minimum atomic E-state index is -0.111. The molecule has 0 saturated heterocycles. The number of hydrazine groups is 1. The van der Waals surface area contributed by atoms with Gasteiger partial charge in [-0.2, -0.15) is 5.10 Å². The smallest absolute Gasteiger partial charge is 0.0885 e. The number of nitrogens with one attached hydrogen (secondary N) is 1. The summed E-state index contributed by atoms with van der Waals surface area (Å²) in [6.45, 7) is 0. The van der Waals surface area contributed by atoms with E-state index in [0.717, 1.165) is 22.2 Å². The van der Waals surface area contributed by atoms with Gasteiger partial charge in [0.15, 0.2) is 0 Å². The van der Waals surface area contributed by atoms with E-state index in [1.165, 1.54) is 0 Å². The molecule has 1 unspecified atom stereocenters. The predicted octanol–water partition coefficient (Wildman–Crippen LogP) is 1.52. The Morgan fingerprint density at radius 3 is 2.74 bits per heavy atom. The summed E-state index contributed by atoms with van der Waals surface area (Å²) in [5, 5.41) is 5.29. The Morgan fingerprint density at radius 2 is 2.00 bits per heavy atom. The number of rotatable bonds is 3. The molecule has 3 rings (SSSR count). The van der Waals surface area contributed by atoms with Crippen LogP contribution in [0, 0.1) is 0 Å². The number of benzene rings is 1. The first-order chi connectivity index (χ1) is 9.31. The molecule has 1 atom stereocenters. The molecule has 0 saturated carbocycles. The van der Waals surface area contributed by atoms with Gasteiger partial charge < -0.3 is 0 Å². The lowest BCUT2D eigenvalue weighted by Crippen LogP contribution is -2.30. The lowest BCUT2D eigenvalue weighted by molar-refractivity contribution is 0.577. The van der Waals surface area contributed by atoms with Crippen molar-refractivity contribution in [3.63, 3.8) is 0 Å². The molecule has 5 nitrogen and oxygen atoms in total. The van der Waals surface area contributed by atoms with E-state index in [2.05, 4.69) is 21.6 Å². The van der Waals surface area contributed by atoms with E-state index in [0.29, 0.717) is 0 Å². The fourth-order valence-corrected chi connectivity index (χ4v) is 2.37. The maximum absolute atomic E-state index is 5.74. The van der Waals surface area contributed by atoms with E-state index in [-0.39, 0.29) is 6.04 Å². The number of para-hydroxylation sites is 1. The molecule has 19 heavy (non-hydrogen) atoms. The van der Waals surface area contributed by atoms with Crippen LogP contribution in [0.15, 0.2) is 48.8 Å². The first-order valence-corrected chi connectivity index (χ1v) is 6.09. The van der Waals surface area contributed by atoms with Crippen LogP contribution in [0.25, 0.3) is 10.9 Å². The Labute approximate surface area is 111 Å². The van der Waals surface area contributed by atoms with E-state index in [9.17, 15) is 0 Å². The molecule has 0 bridgehead atoms. The summed E-state index contributed by atoms with van der Waals surface area (Å²) in [5.74, 6) is 5.74. The van der Waals surface area contributed by atoms with Crippen LogP contribution in [0.5, 0.6) is 0 Å². The molecule has 3 aromatic rings. The molecular formula is C14H15N5. The van der Waals surface area contributed by atoms with Gasteiger partial charge in [-0.3, -0.25) is 15.5 Å². The molecule has 1 aromatic carbocycles. The highest BCUT2D eigenvalue weighted by Gasteiger charge is 2.18. The van der Waals surface area contributed by atoms with Gasteiger partial charge in [0, 0.05) is 24.8 Å². The first kappa shape index (κ1) is 11.8. The molecule has 2 heterocycles. The predicted molar refractivity (Wildman–Crippen MR) is 74.1 cm³/mol. The van der Waals surface area contributed by atoms with E-state index in [1.54, 1.807) is 12.4 Å². The van der Waals surface area contributed by atoms with Crippen molar-refractivity contribution in [1.82, 2.24) is 20.2 Å². The number of hydrogen-bond acceptors (Lipinski definition) is 4. The van der Waals surface area contributed by atoms with Crippen LogP contribution in [0.1, 0.15) is 17.3 Å². The van der Waals surface area contributed by atoms with Gasteiger partial charge in [-0.15, -0.1) is 0 Å². The minimum absolute atomic E-state index is 0.111. The second-order valence-electron chi connectivity index (χ2n) is 4.40. The van der Waals surface area contributed by atoms with Crippen molar-refractivity contribution in [2.75, 3.05) is 0 Å². The van der Waals surface area contributed by atoms with Crippen molar-refractivity contribution in [3.8, 4) is 0 Å². The maximum atomic E-state index is 5.74. The summed E-state index contributed by atoms with van der Waals surface area (Å²) in [6, 6.07) is 11.9. The molecular weight excluding hydrogens is 238 g/mol. The number of nitrogens with zero attached hydrogens (tertiary/aromatic N) is 3. The third-order valence-corrected chi connectivity index (χ3v) is 3.32. The third kappa shape index (κ3) is 1.99. The van der Waals surface area contributed by atoms with Crippen LogP contribution in [-0.4, -0.2) is 14.8 Å². The molecule has 2 aromatic heterocycles. The van der Waals surface area contributed by atoms with Crippen LogP contribution in [-0.2, 0) is 7.05 Å². The first-order valence-electron chi connectivity index (χ1n) is 6.09. The molecule has 0 amide bonds. The Balaban J connectivity index is 2.20. The van der Waals surface area contributed by atoms with E-state index in [4.69, 9.17) is 5.84 Å². The standard InChI is InChI=1S/C14H15N5/c1-19-13(7-9-17-19)14(18-15)11-6-8-16-12-5-3-2-4-10(11)12/h2-9,14,18H,15H2,1H3. The number of nitrogens with two attached hydrogens (primary N) is 1. The van der Waals surface area contributed by atoms with Crippen molar-refractivity contribution >= 4 is 10.9 Å². The molecule has 0 radical (unpaired) electrons. The summed E-state index contributed by atoms with van der Waals surface area (Å²) >= 11 is 0. The fraction of sp³-hybridized carbons (Fsp3) is 0.143. The maximum Gasteiger partial charge on any atom is 0.0885 e. The van der Waals surface area contributed by atoms with Gasteiger partial charge in [0.2, 0.25) is 0 Å². The molecule has 0 spiro atoms. The van der Waals surface area contributed by atoms with Gasteiger partial charge in [-0.05, 0) is 23.8 Å². The Hall–Kier alpha value is -2.24. The molecule has 0 fully saturated rings. The van der Waals surface area contributed by atoms with Gasteiger partial charge in [-0.25, -0.2) is 5.43 Å². The highest BCUT2D eigenvalue weighted by Crippen LogP contribution is 2.26. The monoisotopic (exact) mass is 253 g/mol. The lowest BCUT2D eigenvalue weighted by Gasteiger charge is -2.18. The van der Waals surface area contributed by atoms with Gasteiger partial charge >= 0.3 is 0 Å². The molecule has 96 valence electrons. The van der Waals surface area contributed by atoms with Gasteiger partial charge in [0.25, 0.3) is 0 Å². The van der Waals surface area contributed by atoms with Gasteiger partial charge in [0.05, 0.1) is 17.3 Å². The SMILES string of the molecule is Cn1nccc1C(NN)c1ccnc2ccccc12. The second kappa shape index (κ2) is 4.79. The van der Waals surface area contributed by atoms with Gasteiger partial charge in [-0.1, -0.05) is 18.2 Å². The zero-order valence-electron chi connectivity index (χ0n) is 10.6. The quantitative estimate of drug-likeness (QED) is 0.548. The van der Waals surface area contributed by atoms with Crippen LogP contribution >= 0.6 is 0 Å². The van der Waals surface area contributed by atoms with Crippen LogP contribution < -0.4 is 11.3 Å². The number of hydrogen-bond donors (Lipinski definition) is 2. The topological polar surface area (TPSA) is 68.8 Å². The summed E-state index contributed by atoms with van der Waals surface area (Å²) in [5.41, 5.74) is 5.93. The third-order valence-electron chi connectivity index (χ3n) is 3.32. The van der Waals surface area contributed by atoms with Crippen LogP contribution in [0.2, 0.25) is 0 Å². The Kier molecular flexibility index (Phi) is 2.98. The highest BCUT2D eigenvalue weighted by molar-refractivity contribution is 5.82. The molecule has 0 aliphatic rings. The number of pyridine rings is 1. The zero-order chi connectivity index (χ0) is 13.2. The highest BCUT2D eigenvalue weighted by atomic mass is 15.3. The van der Waals surface area contributed by atoms with Crippen molar-refractivity contribution in [2.45, 2.75) is 6.04 Å². The Bertz CT molecular complexity index is 698. The molecule has 0 aliphatic carbocycles. The molecule has 0 aliphatic heterocycles. The normalized spacial score (nSPS) is 12.7. The summed E-state index contributed by atoms with van der Waals surface area (Å²) in [6.07, 6.45) is 3.57. The lowest BCUT2D eigenvalue weighted by atomic mass is 10.00. The van der Waals surface area contributed by atoms with E-state index < -0.39 is 0 Å². The van der Waals surface area contributed by atoms with Gasteiger partial charge in [0.1, 0.15) is 0 Å². The Morgan fingerprint density at radius 1 is 1.16 bits per heavy atom. The van der Waals surface area contributed by atoms with Crippen molar-refractivity contribution in [2.24, 2.45) is 12.9 Å². The van der Waals surface area contributed by atoms with Crippen LogP contribution in [0.3, 0.4) is 0 Å². The number of aryl methyl sites for hydroxylation is 1. The zero-order valence-corrected chi connectivity index (χ0v) is 10.6. The fourth-order valence-electron chi connectivity index (χ4n) is 2.37. The number of fused-ring (bicyclic) bond motifs is 1. The largest absolute Gasteiger partial charge is 0.271 e. The van der Waals surface area contributed by atoms with Crippen molar-refractivity contribution in [1.29, 1.82) is 0 Å². The average Bonchev–Trinajstić information content (AvgIpc) is 2.86. The second-order valence-corrected chi connectivity index (χ2v) is 4.40. The number of aromatic nitrogens is 3. The van der Waals surface area contributed by atoms with E-state index >= 15 is 0 Å². The molecule has 5 heteroatoms. The van der Waals surface area contributed by atoms with E-state index in [1.807, 2.05) is 42.1 Å². The molecule has 3 N–H and O–H groups in total. The summed E-state index contributed by atoms with van der Waals surface area (Å²) in [7, 11) is 1.91. The summed E-state index contributed by atoms with van der Waals surface area (Å²) < 4.78 is 1.82. The minimum Gasteiger partial charge on any atom is -0.271 e. The van der Waals surface area contributed by atoms with Crippen molar-refractivity contribution < 1.29 is 0 Å².